The molecule has 3 aromatic rings. The fourth-order valence-corrected chi connectivity index (χ4v) is 5.11. The second-order valence-electron chi connectivity index (χ2n) is 8.41. The van der Waals surface area contributed by atoms with Crippen LogP contribution >= 0.6 is 0 Å². The normalized spacial score (nSPS) is 19.4. The Morgan fingerprint density at radius 2 is 1.87 bits per heavy atom. The average Bonchev–Trinajstić information content (AvgIpc) is 3.10. The van der Waals surface area contributed by atoms with Gasteiger partial charge in [-0.15, -0.1) is 0 Å². The van der Waals surface area contributed by atoms with E-state index < -0.39 is 18.4 Å². The number of piperidine rings is 1. The zero-order valence-electron chi connectivity index (χ0n) is 17.1. The molecule has 5 rings (SSSR count). The molecule has 1 unspecified atom stereocenters. The summed E-state index contributed by atoms with van der Waals surface area (Å²) in [7, 11) is 0. The molecule has 4 nitrogen and oxygen atoms in total. The SMILES string of the molecule is FCc1ncc2c(n1)c1c(n2CCc2ccc(C(F)(F)F)cc2)CCN2CCCCC12. The van der Waals surface area contributed by atoms with Crippen LogP contribution in [0.2, 0.25) is 0 Å². The molecule has 0 saturated carbocycles. The molecule has 1 atom stereocenters. The van der Waals surface area contributed by atoms with E-state index in [-0.39, 0.29) is 5.82 Å². The maximum absolute atomic E-state index is 13.3. The van der Waals surface area contributed by atoms with Crippen molar-refractivity contribution in [3.63, 3.8) is 0 Å². The van der Waals surface area contributed by atoms with E-state index in [9.17, 15) is 17.6 Å². The first-order valence-electron chi connectivity index (χ1n) is 10.8. The van der Waals surface area contributed by atoms with Crippen LogP contribution in [0.4, 0.5) is 17.6 Å². The lowest BCUT2D eigenvalue weighted by atomic mass is 9.90. The molecule has 2 aliphatic rings. The van der Waals surface area contributed by atoms with Crippen LogP contribution in [0.3, 0.4) is 0 Å². The summed E-state index contributed by atoms with van der Waals surface area (Å²) in [5.41, 5.74) is 4.36. The van der Waals surface area contributed by atoms with Gasteiger partial charge in [0.05, 0.1) is 22.8 Å². The fourth-order valence-electron chi connectivity index (χ4n) is 5.11. The molecule has 0 spiro atoms. The van der Waals surface area contributed by atoms with Gasteiger partial charge in [0.15, 0.2) is 5.82 Å². The van der Waals surface area contributed by atoms with Gasteiger partial charge in [-0.2, -0.15) is 13.2 Å². The summed E-state index contributed by atoms with van der Waals surface area (Å²) in [5.74, 6) is 0.197. The van der Waals surface area contributed by atoms with E-state index in [0.29, 0.717) is 19.0 Å². The number of hydrogen-bond donors (Lipinski definition) is 0. The molecule has 31 heavy (non-hydrogen) atoms. The van der Waals surface area contributed by atoms with Gasteiger partial charge < -0.3 is 4.57 Å². The predicted octanol–water partition coefficient (Wildman–Crippen LogP) is 5.25. The minimum absolute atomic E-state index is 0.197. The van der Waals surface area contributed by atoms with Crippen LogP contribution < -0.4 is 0 Å². The van der Waals surface area contributed by atoms with Crippen molar-refractivity contribution in [2.24, 2.45) is 0 Å². The Morgan fingerprint density at radius 1 is 1.06 bits per heavy atom. The van der Waals surface area contributed by atoms with Crippen LogP contribution in [-0.4, -0.2) is 32.5 Å². The van der Waals surface area contributed by atoms with Crippen molar-refractivity contribution in [3.05, 3.63) is 58.7 Å². The number of halogens is 4. The van der Waals surface area contributed by atoms with Crippen molar-refractivity contribution >= 4 is 11.0 Å². The average molecular weight is 432 g/mol. The first-order valence-corrected chi connectivity index (χ1v) is 10.8. The first-order chi connectivity index (χ1) is 15.0. The predicted molar refractivity (Wildman–Crippen MR) is 109 cm³/mol. The van der Waals surface area contributed by atoms with Crippen LogP contribution in [0.1, 0.15) is 53.5 Å². The van der Waals surface area contributed by atoms with E-state index in [4.69, 9.17) is 0 Å². The highest BCUT2D eigenvalue weighted by molar-refractivity contribution is 5.82. The highest BCUT2D eigenvalue weighted by atomic mass is 19.4. The number of benzene rings is 1. The van der Waals surface area contributed by atoms with Gasteiger partial charge in [-0.1, -0.05) is 18.6 Å². The number of nitrogens with zero attached hydrogens (tertiary/aromatic N) is 4. The van der Waals surface area contributed by atoms with Crippen molar-refractivity contribution < 1.29 is 17.6 Å². The second kappa shape index (κ2) is 7.89. The summed E-state index contributed by atoms with van der Waals surface area (Å²) >= 11 is 0. The third kappa shape index (κ3) is 3.71. The molecule has 1 saturated heterocycles. The molecule has 0 radical (unpaired) electrons. The number of hydrogen-bond acceptors (Lipinski definition) is 3. The van der Waals surface area contributed by atoms with E-state index >= 15 is 0 Å². The van der Waals surface area contributed by atoms with E-state index in [0.717, 1.165) is 54.7 Å². The number of rotatable bonds is 4. The van der Waals surface area contributed by atoms with Gasteiger partial charge in [-0.3, -0.25) is 4.90 Å². The molecule has 0 amide bonds. The van der Waals surface area contributed by atoms with E-state index in [2.05, 4.69) is 19.4 Å². The van der Waals surface area contributed by atoms with Gasteiger partial charge in [-0.05, 0) is 43.5 Å². The lowest BCUT2D eigenvalue weighted by Gasteiger charge is -2.39. The maximum Gasteiger partial charge on any atom is 0.416 e. The smallest absolute Gasteiger partial charge is 0.341 e. The number of fused-ring (bicyclic) bond motifs is 5. The van der Waals surface area contributed by atoms with Crippen molar-refractivity contribution in [3.8, 4) is 0 Å². The standard InChI is InChI=1S/C23H24F4N4/c24-13-20-28-14-19-22(29-20)21-17-3-1-2-10-30(17)11-9-18(21)31(19)12-8-15-4-6-16(7-5-15)23(25,26)27/h4-7,14,17H,1-3,8-13H2. The molecule has 164 valence electrons. The zero-order chi connectivity index (χ0) is 21.6. The molecular formula is C23H24F4N4. The minimum Gasteiger partial charge on any atom is -0.341 e. The summed E-state index contributed by atoms with van der Waals surface area (Å²) in [6.45, 7) is 1.99. The fraction of sp³-hybridized carbons (Fsp3) is 0.478. The molecule has 4 heterocycles. The summed E-state index contributed by atoms with van der Waals surface area (Å²) in [6.07, 6.45) is 2.30. The number of aromatic nitrogens is 3. The van der Waals surface area contributed by atoms with E-state index in [1.54, 1.807) is 18.3 Å². The van der Waals surface area contributed by atoms with E-state index in [1.807, 2.05) is 0 Å². The Morgan fingerprint density at radius 3 is 2.61 bits per heavy atom. The molecule has 1 fully saturated rings. The Balaban J connectivity index is 1.50. The maximum atomic E-state index is 13.3. The molecule has 0 bridgehead atoms. The molecule has 1 aromatic carbocycles. The second-order valence-corrected chi connectivity index (χ2v) is 8.41. The third-order valence-corrected chi connectivity index (χ3v) is 6.61. The van der Waals surface area contributed by atoms with Gasteiger partial charge in [0.1, 0.15) is 6.67 Å². The molecular weight excluding hydrogens is 408 g/mol. The summed E-state index contributed by atoms with van der Waals surface area (Å²) in [4.78, 5) is 11.2. The summed E-state index contributed by atoms with van der Waals surface area (Å²) < 4.78 is 54.0. The van der Waals surface area contributed by atoms with Gasteiger partial charge in [0, 0.05) is 36.8 Å². The molecule has 0 N–H and O–H groups in total. The molecule has 2 aromatic heterocycles. The van der Waals surface area contributed by atoms with Crippen LogP contribution in [-0.2, 0) is 32.2 Å². The molecule has 0 aliphatic carbocycles. The van der Waals surface area contributed by atoms with Gasteiger partial charge in [0.2, 0.25) is 0 Å². The van der Waals surface area contributed by atoms with Crippen molar-refractivity contribution in [1.82, 2.24) is 19.4 Å². The molecule has 8 heteroatoms. The summed E-state index contributed by atoms with van der Waals surface area (Å²) in [5, 5.41) is 0. The van der Waals surface area contributed by atoms with Crippen LogP contribution in [0, 0.1) is 0 Å². The molecule has 2 aliphatic heterocycles. The minimum atomic E-state index is -4.33. The number of alkyl halides is 4. The third-order valence-electron chi connectivity index (χ3n) is 6.61. The van der Waals surface area contributed by atoms with Crippen molar-refractivity contribution in [2.45, 2.75) is 57.5 Å². The van der Waals surface area contributed by atoms with Crippen LogP contribution in [0.25, 0.3) is 11.0 Å². The Bertz CT molecular complexity index is 1090. The Kier molecular flexibility index (Phi) is 5.20. The Labute approximate surface area is 177 Å². The number of aryl methyl sites for hydroxylation is 2. The quantitative estimate of drug-likeness (QED) is 0.529. The van der Waals surface area contributed by atoms with Crippen LogP contribution in [0.5, 0.6) is 0 Å². The highest BCUT2D eigenvalue weighted by Gasteiger charge is 2.35. The zero-order valence-corrected chi connectivity index (χ0v) is 17.1. The largest absolute Gasteiger partial charge is 0.416 e. The topological polar surface area (TPSA) is 34.0 Å². The van der Waals surface area contributed by atoms with Crippen molar-refractivity contribution in [2.75, 3.05) is 13.1 Å². The van der Waals surface area contributed by atoms with Gasteiger partial charge in [-0.25, -0.2) is 14.4 Å². The highest BCUT2D eigenvalue weighted by Crippen LogP contribution is 2.41. The first kappa shape index (κ1) is 20.4. The summed E-state index contributed by atoms with van der Waals surface area (Å²) in [6, 6.07) is 5.66. The lowest BCUT2D eigenvalue weighted by molar-refractivity contribution is -0.137. The van der Waals surface area contributed by atoms with Crippen molar-refractivity contribution in [1.29, 1.82) is 0 Å². The Hall–Kier alpha value is -2.48. The van der Waals surface area contributed by atoms with Gasteiger partial charge in [0.25, 0.3) is 0 Å². The van der Waals surface area contributed by atoms with Crippen LogP contribution in [0.15, 0.2) is 30.5 Å². The van der Waals surface area contributed by atoms with Gasteiger partial charge >= 0.3 is 6.18 Å². The monoisotopic (exact) mass is 432 g/mol. The van der Waals surface area contributed by atoms with E-state index in [1.165, 1.54) is 24.1 Å². The lowest BCUT2D eigenvalue weighted by Crippen LogP contribution is -2.39.